The molecule has 7 nitrogen and oxygen atoms in total. The molecule has 146 valence electrons. The zero-order valence-electron chi connectivity index (χ0n) is 15.2. The van der Waals surface area contributed by atoms with Crippen molar-refractivity contribution >= 4 is 24.0 Å². The lowest BCUT2D eigenvalue weighted by Gasteiger charge is -2.13. The maximum absolute atomic E-state index is 11.9. The molecule has 0 saturated carbocycles. The summed E-state index contributed by atoms with van der Waals surface area (Å²) < 4.78 is 4.99. The standard InChI is InChI=1S/C21H22N2O5/c24-19(14-22-21(27)28-15-17-10-5-2-6-11-17)23-18(20(25)26)13-7-12-16-8-3-1-4-9-16/h1-12,18H,13-15H2,(H,22,27)(H,23,24)(H,25,26)/b12-7+/t18-/m0/s1. The first kappa shape index (κ1) is 20.7. The maximum Gasteiger partial charge on any atom is 0.407 e. The molecular weight excluding hydrogens is 360 g/mol. The number of carboxylic acid groups (broad SMARTS) is 1. The Morgan fingerprint density at radius 3 is 2.29 bits per heavy atom. The van der Waals surface area contributed by atoms with Crippen LogP contribution >= 0.6 is 0 Å². The van der Waals surface area contributed by atoms with Gasteiger partial charge in [-0.3, -0.25) is 4.79 Å². The second kappa shape index (κ2) is 11.2. The molecule has 0 radical (unpaired) electrons. The van der Waals surface area contributed by atoms with Crippen molar-refractivity contribution < 1.29 is 24.2 Å². The lowest BCUT2D eigenvalue weighted by Crippen LogP contribution is -2.45. The van der Waals surface area contributed by atoms with E-state index in [0.29, 0.717) is 0 Å². The molecule has 0 unspecified atom stereocenters. The van der Waals surface area contributed by atoms with Gasteiger partial charge < -0.3 is 20.5 Å². The van der Waals surface area contributed by atoms with Crippen LogP contribution in [0.2, 0.25) is 0 Å². The van der Waals surface area contributed by atoms with Gasteiger partial charge in [0.1, 0.15) is 19.2 Å². The van der Waals surface area contributed by atoms with E-state index in [1.807, 2.05) is 48.5 Å². The van der Waals surface area contributed by atoms with Crippen LogP contribution in [0.25, 0.3) is 6.08 Å². The SMILES string of the molecule is O=C(CNC(=O)OCc1ccccc1)N[C@@H](C/C=C/c1ccccc1)C(=O)O. The maximum atomic E-state index is 11.9. The number of hydrogen-bond acceptors (Lipinski definition) is 4. The number of amides is 2. The largest absolute Gasteiger partial charge is 0.480 e. The smallest absolute Gasteiger partial charge is 0.407 e. The van der Waals surface area contributed by atoms with E-state index >= 15 is 0 Å². The van der Waals surface area contributed by atoms with Gasteiger partial charge in [0, 0.05) is 0 Å². The van der Waals surface area contributed by atoms with Gasteiger partial charge in [-0.05, 0) is 17.5 Å². The summed E-state index contributed by atoms with van der Waals surface area (Å²) in [6.45, 7) is -0.296. The molecule has 2 rings (SSSR count). The number of rotatable bonds is 9. The average molecular weight is 382 g/mol. The van der Waals surface area contributed by atoms with E-state index < -0.39 is 24.0 Å². The summed E-state index contributed by atoms with van der Waals surface area (Å²) in [5.74, 6) is -1.77. The number of benzene rings is 2. The van der Waals surface area contributed by atoms with Crippen molar-refractivity contribution in [3.05, 3.63) is 77.9 Å². The summed E-state index contributed by atoms with van der Waals surface area (Å²) >= 11 is 0. The van der Waals surface area contributed by atoms with Crippen LogP contribution in [0.1, 0.15) is 17.5 Å². The minimum absolute atomic E-state index is 0.0797. The molecule has 0 aliphatic heterocycles. The molecule has 0 aliphatic rings. The highest BCUT2D eigenvalue weighted by Crippen LogP contribution is 2.04. The predicted octanol–water partition coefficient (Wildman–Crippen LogP) is 2.59. The highest BCUT2D eigenvalue weighted by Gasteiger charge is 2.18. The van der Waals surface area contributed by atoms with Gasteiger partial charge in [0.25, 0.3) is 0 Å². The van der Waals surface area contributed by atoms with Crippen molar-refractivity contribution in [1.82, 2.24) is 10.6 Å². The fraction of sp³-hybridized carbons (Fsp3) is 0.190. The zero-order valence-corrected chi connectivity index (χ0v) is 15.2. The van der Waals surface area contributed by atoms with E-state index in [9.17, 15) is 19.5 Å². The van der Waals surface area contributed by atoms with Crippen LogP contribution in [0.4, 0.5) is 4.79 Å². The van der Waals surface area contributed by atoms with Crippen LogP contribution in [-0.2, 0) is 20.9 Å². The summed E-state index contributed by atoms with van der Waals surface area (Å²) in [6.07, 6.45) is 2.82. The van der Waals surface area contributed by atoms with Crippen LogP contribution in [0.15, 0.2) is 66.7 Å². The molecule has 0 bridgehead atoms. The van der Waals surface area contributed by atoms with Gasteiger partial charge in [-0.2, -0.15) is 0 Å². The first-order valence-corrected chi connectivity index (χ1v) is 8.73. The van der Waals surface area contributed by atoms with Gasteiger partial charge in [0.2, 0.25) is 5.91 Å². The first-order valence-electron chi connectivity index (χ1n) is 8.73. The summed E-state index contributed by atoms with van der Waals surface area (Å²) in [7, 11) is 0. The Hall–Kier alpha value is -3.61. The van der Waals surface area contributed by atoms with Crippen molar-refractivity contribution in [2.24, 2.45) is 0 Å². The molecule has 2 amide bonds. The summed E-state index contributed by atoms with van der Waals surface area (Å²) in [6, 6.07) is 17.4. The van der Waals surface area contributed by atoms with E-state index in [4.69, 9.17) is 4.74 Å². The molecule has 0 aromatic heterocycles. The molecule has 0 saturated heterocycles. The number of ether oxygens (including phenoxy) is 1. The Morgan fingerprint density at radius 2 is 1.64 bits per heavy atom. The molecule has 2 aromatic carbocycles. The van der Waals surface area contributed by atoms with E-state index in [1.54, 1.807) is 24.3 Å². The second-order valence-corrected chi connectivity index (χ2v) is 5.92. The molecular formula is C21H22N2O5. The lowest BCUT2D eigenvalue weighted by atomic mass is 10.1. The molecule has 0 spiro atoms. The van der Waals surface area contributed by atoms with Crippen molar-refractivity contribution in [3.63, 3.8) is 0 Å². The van der Waals surface area contributed by atoms with E-state index in [2.05, 4.69) is 10.6 Å². The van der Waals surface area contributed by atoms with Gasteiger partial charge in [-0.1, -0.05) is 72.8 Å². The van der Waals surface area contributed by atoms with Gasteiger partial charge in [-0.25, -0.2) is 9.59 Å². The topological polar surface area (TPSA) is 105 Å². The quantitative estimate of drug-likeness (QED) is 0.618. The molecule has 0 fully saturated rings. The Balaban J connectivity index is 1.73. The molecule has 0 heterocycles. The fourth-order valence-corrected chi connectivity index (χ4v) is 2.30. The third kappa shape index (κ3) is 7.74. The molecule has 7 heteroatoms. The van der Waals surface area contributed by atoms with Crippen LogP contribution in [0.3, 0.4) is 0 Å². The number of nitrogens with one attached hydrogen (secondary N) is 2. The zero-order chi connectivity index (χ0) is 20.2. The summed E-state index contributed by atoms with van der Waals surface area (Å²) in [5.41, 5.74) is 1.75. The molecule has 2 aromatic rings. The third-order valence-electron chi connectivity index (χ3n) is 3.72. The van der Waals surface area contributed by atoms with Crippen molar-refractivity contribution in [2.45, 2.75) is 19.1 Å². The molecule has 28 heavy (non-hydrogen) atoms. The van der Waals surface area contributed by atoms with Crippen LogP contribution in [0.5, 0.6) is 0 Å². The first-order chi connectivity index (χ1) is 13.5. The Kier molecular flexibility index (Phi) is 8.26. The number of hydrogen-bond donors (Lipinski definition) is 3. The number of carbonyl (C=O) groups is 3. The summed E-state index contributed by atoms with van der Waals surface area (Å²) in [4.78, 5) is 34.8. The highest BCUT2D eigenvalue weighted by molar-refractivity contribution is 5.86. The van der Waals surface area contributed by atoms with E-state index in [-0.39, 0.29) is 19.6 Å². The minimum Gasteiger partial charge on any atom is -0.480 e. The van der Waals surface area contributed by atoms with Crippen LogP contribution < -0.4 is 10.6 Å². The Labute approximate surface area is 163 Å². The molecule has 0 aliphatic carbocycles. The van der Waals surface area contributed by atoms with Gasteiger partial charge in [0.05, 0.1) is 0 Å². The van der Waals surface area contributed by atoms with Crippen molar-refractivity contribution in [3.8, 4) is 0 Å². The van der Waals surface area contributed by atoms with E-state index in [1.165, 1.54) is 0 Å². The number of aliphatic carboxylic acids is 1. The Bertz CT molecular complexity index is 806. The number of carbonyl (C=O) groups excluding carboxylic acids is 2. The Morgan fingerprint density at radius 1 is 1.00 bits per heavy atom. The lowest BCUT2D eigenvalue weighted by molar-refractivity contribution is -0.141. The average Bonchev–Trinajstić information content (AvgIpc) is 2.71. The fourth-order valence-electron chi connectivity index (χ4n) is 2.30. The number of carboxylic acids is 1. The predicted molar refractivity (Wildman–Crippen MR) is 104 cm³/mol. The normalized spacial score (nSPS) is 11.6. The van der Waals surface area contributed by atoms with Crippen molar-refractivity contribution in [2.75, 3.05) is 6.54 Å². The molecule has 3 N–H and O–H groups in total. The third-order valence-corrected chi connectivity index (χ3v) is 3.72. The van der Waals surface area contributed by atoms with Gasteiger partial charge >= 0.3 is 12.1 Å². The van der Waals surface area contributed by atoms with Gasteiger partial charge in [-0.15, -0.1) is 0 Å². The van der Waals surface area contributed by atoms with Crippen LogP contribution in [-0.4, -0.2) is 35.7 Å². The van der Waals surface area contributed by atoms with Crippen LogP contribution in [0, 0.1) is 0 Å². The van der Waals surface area contributed by atoms with Gasteiger partial charge in [0.15, 0.2) is 0 Å². The molecule has 1 atom stereocenters. The monoisotopic (exact) mass is 382 g/mol. The minimum atomic E-state index is -1.15. The van der Waals surface area contributed by atoms with Crippen molar-refractivity contribution in [1.29, 1.82) is 0 Å². The summed E-state index contributed by atoms with van der Waals surface area (Å²) in [5, 5.41) is 13.9. The number of alkyl carbamates (subject to hydrolysis) is 1. The highest BCUT2D eigenvalue weighted by atomic mass is 16.5. The van der Waals surface area contributed by atoms with E-state index in [0.717, 1.165) is 11.1 Å². The second-order valence-electron chi connectivity index (χ2n) is 5.92.